The third-order valence-corrected chi connectivity index (χ3v) is 5.51. The van der Waals surface area contributed by atoms with E-state index in [-0.39, 0.29) is 11.2 Å². The molecule has 5 heterocycles. The zero-order valence-corrected chi connectivity index (χ0v) is 17.8. The highest BCUT2D eigenvalue weighted by atomic mass is 35.5. The standard InChI is InChI=1S/C22H16ClFN6O2/c1-12(29-6-5-19-16(22(29)31)8-15(32-2)10-26-19)20-27-28-21-17(24)7-13(11-30(20)21)18-4-3-14(23)9-25-18/h3-12H,1-2H3. The van der Waals surface area contributed by atoms with Crippen molar-refractivity contribution >= 4 is 28.2 Å². The lowest BCUT2D eigenvalue weighted by molar-refractivity contribution is 0.413. The maximum Gasteiger partial charge on any atom is 0.260 e. The Labute approximate surface area is 185 Å². The Hall–Kier alpha value is -3.85. The van der Waals surface area contributed by atoms with Crippen molar-refractivity contribution in [2.24, 2.45) is 0 Å². The molecule has 1 unspecified atom stereocenters. The van der Waals surface area contributed by atoms with Gasteiger partial charge in [0.05, 0.1) is 41.0 Å². The lowest BCUT2D eigenvalue weighted by atomic mass is 10.2. The van der Waals surface area contributed by atoms with Gasteiger partial charge in [0.1, 0.15) is 5.75 Å². The highest BCUT2D eigenvalue weighted by Gasteiger charge is 2.20. The van der Waals surface area contributed by atoms with Crippen molar-refractivity contribution in [1.29, 1.82) is 0 Å². The van der Waals surface area contributed by atoms with E-state index in [4.69, 9.17) is 16.3 Å². The fraction of sp³-hybridized carbons (Fsp3) is 0.136. The van der Waals surface area contributed by atoms with Crippen LogP contribution in [0, 0.1) is 5.82 Å². The van der Waals surface area contributed by atoms with Gasteiger partial charge in [0, 0.05) is 24.2 Å². The van der Waals surface area contributed by atoms with E-state index >= 15 is 0 Å². The number of nitrogens with zero attached hydrogens (tertiary/aromatic N) is 6. The monoisotopic (exact) mass is 450 g/mol. The van der Waals surface area contributed by atoms with Gasteiger partial charge in [-0.25, -0.2) is 4.39 Å². The molecule has 0 aromatic carbocycles. The summed E-state index contributed by atoms with van der Waals surface area (Å²) in [5, 5.41) is 9.04. The van der Waals surface area contributed by atoms with E-state index in [1.165, 1.54) is 28.3 Å². The molecule has 5 aromatic rings. The van der Waals surface area contributed by atoms with Crippen LogP contribution in [0.25, 0.3) is 27.8 Å². The van der Waals surface area contributed by atoms with Gasteiger partial charge in [0.2, 0.25) is 0 Å². The molecule has 5 rings (SSSR count). The first-order chi connectivity index (χ1) is 15.5. The van der Waals surface area contributed by atoms with Crippen molar-refractivity contribution in [2.45, 2.75) is 13.0 Å². The van der Waals surface area contributed by atoms with Crippen LogP contribution < -0.4 is 10.3 Å². The van der Waals surface area contributed by atoms with Crippen LogP contribution in [0.3, 0.4) is 0 Å². The summed E-state index contributed by atoms with van der Waals surface area (Å²) >= 11 is 5.91. The molecular weight excluding hydrogens is 435 g/mol. The number of hydrogen-bond acceptors (Lipinski definition) is 6. The van der Waals surface area contributed by atoms with Gasteiger partial charge >= 0.3 is 0 Å². The van der Waals surface area contributed by atoms with Gasteiger partial charge in [-0.05, 0) is 37.3 Å². The van der Waals surface area contributed by atoms with Crippen LogP contribution in [0.15, 0.2) is 59.9 Å². The second kappa shape index (κ2) is 7.69. The second-order valence-corrected chi connectivity index (χ2v) is 7.64. The van der Waals surface area contributed by atoms with Crippen molar-refractivity contribution in [3.63, 3.8) is 0 Å². The maximum atomic E-state index is 14.8. The average Bonchev–Trinajstić information content (AvgIpc) is 3.24. The minimum atomic E-state index is -0.551. The summed E-state index contributed by atoms with van der Waals surface area (Å²) in [6.07, 6.45) is 6.37. The molecule has 0 amide bonds. The van der Waals surface area contributed by atoms with Gasteiger partial charge in [0.25, 0.3) is 5.56 Å². The zero-order valence-electron chi connectivity index (χ0n) is 17.0. The first-order valence-electron chi connectivity index (χ1n) is 9.67. The van der Waals surface area contributed by atoms with Crippen LogP contribution >= 0.6 is 11.6 Å². The second-order valence-electron chi connectivity index (χ2n) is 7.20. The van der Waals surface area contributed by atoms with E-state index < -0.39 is 11.9 Å². The Morgan fingerprint density at radius 1 is 1.12 bits per heavy atom. The van der Waals surface area contributed by atoms with E-state index in [0.717, 1.165) is 0 Å². The Bertz CT molecular complexity index is 1530. The highest BCUT2D eigenvalue weighted by Crippen LogP contribution is 2.25. The Kier molecular flexibility index (Phi) is 4.82. The molecule has 0 aliphatic rings. The maximum absolute atomic E-state index is 14.8. The number of halogens is 2. The van der Waals surface area contributed by atoms with Gasteiger partial charge < -0.3 is 9.30 Å². The lowest BCUT2D eigenvalue weighted by Gasteiger charge is -2.15. The van der Waals surface area contributed by atoms with E-state index in [2.05, 4.69) is 20.2 Å². The van der Waals surface area contributed by atoms with Gasteiger partial charge in [-0.1, -0.05) is 11.6 Å². The summed E-state index contributed by atoms with van der Waals surface area (Å²) in [7, 11) is 1.51. The largest absolute Gasteiger partial charge is 0.495 e. The summed E-state index contributed by atoms with van der Waals surface area (Å²) in [4.78, 5) is 21.7. The quantitative estimate of drug-likeness (QED) is 0.412. The van der Waals surface area contributed by atoms with Gasteiger partial charge in [-0.15, -0.1) is 10.2 Å². The van der Waals surface area contributed by atoms with Crippen molar-refractivity contribution < 1.29 is 9.13 Å². The molecule has 8 nitrogen and oxygen atoms in total. The topological polar surface area (TPSA) is 87.2 Å². The van der Waals surface area contributed by atoms with Crippen LogP contribution in [-0.4, -0.2) is 36.2 Å². The number of methoxy groups -OCH3 is 1. The molecule has 0 N–H and O–H groups in total. The predicted octanol–water partition coefficient (Wildman–Crippen LogP) is 3.91. The van der Waals surface area contributed by atoms with Crippen molar-refractivity contribution in [3.8, 4) is 17.0 Å². The van der Waals surface area contributed by atoms with E-state index in [1.54, 1.807) is 49.8 Å². The third kappa shape index (κ3) is 3.27. The van der Waals surface area contributed by atoms with Crippen LogP contribution in [0.1, 0.15) is 18.8 Å². The number of rotatable bonds is 4. The smallest absolute Gasteiger partial charge is 0.260 e. The molecule has 0 saturated carbocycles. The predicted molar refractivity (Wildman–Crippen MR) is 118 cm³/mol. The van der Waals surface area contributed by atoms with Gasteiger partial charge in [-0.2, -0.15) is 0 Å². The molecule has 0 aliphatic carbocycles. The van der Waals surface area contributed by atoms with Crippen molar-refractivity contribution in [2.75, 3.05) is 7.11 Å². The van der Waals surface area contributed by atoms with Gasteiger partial charge in [0.15, 0.2) is 17.3 Å². The number of pyridine rings is 4. The SMILES string of the molecule is COc1cnc2ccn(C(C)c3nnc4c(F)cc(-c5ccc(Cl)cn5)cn34)c(=O)c2c1. The molecule has 0 saturated heterocycles. The molecule has 0 spiro atoms. The normalized spacial score (nSPS) is 12.4. The molecule has 0 radical (unpaired) electrons. The summed E-state index contributed by atoms with van der Waals surface area (Å²) in [6.45, 7) is 1.79. The van der Waals surface area contributed by atoms with Crippen LogP contribution in [0.4, 0.5) is 4.39 Å². The molecule has 32 heavy (non-hydrogen) atoms. The first kappa shape index (κ1) is 20.1. The molecule has 160 valence electrons. The summed E-state index contributed by atoms with van der Waals surface area (Å²) < 4.78 is 23.0. The highest BCUT2D eigenvalue weighted by molar-refractivity contribution is 6.30. The average molecular weight is 451 g/mol. The van der Waals surface area contributed by atoms with Crippen LogP contribution in [-0.2, 0) is 0 Å². The van der Waals surface area contributed by atoms with E-state index in [0.29, 0.717) is 38.8 Å². The number of aromatic nitrogens is 6. The summed E-state index contributed by atoms with van der Waals surface area (Å²) in [5.41, 5.74) is 1.41. The fourth-order valence-electron chi connectivity index (χ4n) is 3.60. The minimum absolute atomic E-state index is 0.0572. The van der Waals surface area contributed by atoms with Crippen LogP contribution in [0.2, 0.25) is 5.02 Å². The van der Waals surface area contributed by atoms with E-state index in [1.807, 2.05) is 0 Å². The summed E-state index contributed by atoms with van der Waals surface area (Å²) in [5.74, 6) is 0.326. The molecule has 10 heteroatoms. The molecule has 0 aliphatic heterocycles. The number of hydrogen-bond donors (Lipinski definition) is 0. The summed E-state index contributed by atoms with van der Waals surface area (Å²) in [6, 6.07) is 7.55. The molecule has 0 fully saturated rings. The number of fused-ring (bicyclic) bond motifs is 2. The third-order valence-electron chi connectivity index (χ3n) is 5.29. The molecule has 5 aromatic heterocycles. The zero-order chi connectivity index (χ0) is 22.4. The first-order valence-corrected chi connectivity index (χ1v) is 10.0. The van der Waals surface area contributed by atoms with Crippen molar-refractivity contribution in [3.05, 3.63) is 82.1 Å². The Balaban J connectivity index is 1.65. The fourth-order valence-corrected chi connectivity index (χ4v) is 3.71. The number of ether oxygens (including phenoxy) is 1. The van der Waals surface area contributed by atoms with Gasteiger partial charge in [-0.3, -0.25) is 19.2 Å². The Morgan fingerprint density at radius 3 is 2.72 bits per heavy atom. The lowest BCUT2D eigenvalue weighted by Crippen LogP contribution is -2.25. The minimum Gasteiger partial charge on any atom is -0.495 e. The Morgan fingerprint density at radius 2 is 1.97 bits per heavy atom. The van der Waals surface area contributed by atoms with Crippen molar-refractivity contribution in [1.82, 2.24) is 29.1 Å². The van der Waals surface area contributed by atoms with E-state index in [9.17, 15) is 9.18 Å². The van der Waals surface area contributed by atoms with Crippen LogP contribution in [0.5, 0.6) is 5.75 Å². The molecule has 1 atom stereocenters. The molecular formula is C22H16ClFN6O2. The molecule has 0 bridgehead atoms.